The molecule has 0 unspecified atom stereocenters. The maximum atomic E-state index is 14.2. The highest BCUT2D eigenvalue weighted by molar-refractivity contribution is 5.85. The van der Waals surface area contributed by atoms with E-state index in [2.05, 4.69) is 5.32 Å². The van der Waals surface area contributed by atoms with Gasteiger partial charge in [-0.25, -0.2) is 9.18 Å². The molecule has 0 aliphatic rings. The molecule has 0 heterocycles. The molecule has 0 saturated carbocycles. The lowest BCUT2D eigenvalue weighted by molar-refractivity contribution is -0.120. The standard InChI is InChI=1S/C17H25FN2O3/c1-9-7-8-12(18)13(10(9)2)11(3)14(15(19)21)20-16(22)23-17(4,5)6/h7-8,11,14H,1-6H3,(H2,19,21)(H,20,22)/t11-,14+/m1/s1. The Labute approximate surface area is 136 Å². The van der Waals surface area contributed by atoms with Crippen molar-refractivity contribution in [1.29, 1.82) is 0 Å². The first-order valence-electron chi connectivity index (χ1n) is 7.48. The zero-order chi connectivity index (χ0) is 17.9. The topological polar surface area (TPSA) is 81.4 Å². The number of ether oxygens (including phenoxy) is 1. The third-order valence-corrected chi connectivity index (χ3v) is 3.67. The van der Waals surface area contributed by atoms with Gasteiger partial charge < -0.3 is 15.8 Å². The van der Waals surface area contributed by atoms with Crippen molar-refractivity contribution in [3.8, 4) is 0 Å². The number of hydrogen-bond donors (Lipinski definition) is 2. The monoisotopic (exact) mass is 324 g/mol. The van der Waals surface area contributed by atoms with Crippen LogP contribution >= 0.6 is 0 Å². The average molecular weight is 324 g/mol. The number of halogens is 1. The predicted octanol–water partition coefficient (Wildman–Crippen LogP) is 2.92. The van der Waals surface area contributed by atoms with Crippen molar-refractivity contribution in [2.45, 2.75) is 59.1 Å². The van der Waals surface area contributed by atoms with E-state index >= 15 is 0 Å². The van der Waals surface area contributed by atoms with E-state index in [4.69, 9.17) is 10.5 Å². The lowest BCUT2D eigenvalue weighted by atomic mass is 9.87. The van der Waals surface area contributed by atoms with Crippen LogP contribution < -0.4 is 11.1 Å². The van der Waals surface area contributed by atoms with Crippen molar-refractivity contribution in [3.63, 3.8) is 0 Å². The molecule has 6 heteroatoms. The number of alkyl carbamates (subject to hydrolysis) is 1. The summed E-state index contributed by atoms with van der Waals surface area (Å²) in [4.78, 5) is 23.7. The van der Waals surface area contributed by atoms with E-state index < -0.39 is 35.4 Å². The van der Waals surface area contributed by atoms with Crippen molar-refractivity contribution < 1.29 is 18.7 Å². The molecule has 0 bridgehead atoms. The lowest BCUT2D eigenvalue weighted by Crippen LogP contribution is -2.49. The number of aryl methyl sites for hydroxylation is 1. The number of carbonyl (C=O) groups excluding carboxylic acids is 2. The molecular weight excluding hydrogens is 299 g/mol. The maximum Gasteiger partial charge on any atom is 0.408 e. The molecule has 2 atom stereocenters. The van der Waals surface area contributed by atoms with Gasteiger partial charge in [-0.15, -0.1) is 0 Å². The van der Waals surface area contributed by atoms with Crippen LogP contribution in [0, 0.1) is 19.7 Å². The van der Waals surface area contributed by atoms with Crippen LogP contribution in [0.4, 0.5) is 9.18 Å². The van der Waals surface area contributed by atoms with E-state index in [1.807, 2.05) is 6.92 Å². The van der Waals surface area contributed by atoms with Gasteiger partial charge in [-0.3, -0.25) is 4.79 Å². The Hall–Kier alpha value is -2.11. The fraction of sp³-hybridized carbons (Fsp3) is 0.529. The van der Waals surface area contributed by atoms with Crippen LogP contribution in [0.15, 0.2) is 12.1 Å². The number of hydrogen-bond acceptors (Lipinski definition) is 3. The fourth-order valence-electron chi connectivity index (χ4n) is 2.41. The van der Waals surface area contributed by atoms with E-state index in [1.165, 1.54) is 6.07 Å². The molecule has 1 rings (SSSR count). The number of amides is 2. The van der Waals surface area contributed by atoms with Crippen LogP contribution in [0.1, 0.15) is 50.3 Å². The Morgan fingerprint density at radius 3 is 2.30 bits per heavy atom. The summed E-state index contributed by atoms with van der Waals surface area (Å²) in [6.07, 6.45) is -0.765. The van der Waals surface area contributed by atoms with Crippen LogP contribution in [0.25, 0.3) is 0 Å². The Bertz CT molecular complexity index is 609. The van der Waals surface area contributed by atoms with Gasteiger partial charge in [0.15, 0.2) is 0 Å². The molecule has 2 amide bonds. The van der Waals surface area contributed by atoms with Crippen LogP contribution in [-0.2, 0) is 9.53 Å². The molecule has 0 aromatic heterocycles. The second kappa shape index (κ2) is 6.98. The molecule has 0 saturated heterocycles. The lowest BCUT2D eigenvalue weighted by Gasteiger charge is -2.27. The van der Waals surface area contributed by atoms with Gasteiger partial charge in [0, 0.05) is 5.92 Å². The molecule has 1 aromatic carbocycles. The molecular formula is C17H25FN2O3. The van der Waals surface area contributed by atoms with Crippen molar-refractivity contribution in [1.82, 2.24) is 5.32 Å². The Morgan fingerprint density at radius 2 is 1.83 bits per heavy atom. The first kappa shape index (κ1) is 18.9. The summed E-state index contributed by atoms with van der Waals surface area (Å²) in [6, 6.07) is 1.95. The summed E-state index contributed by atoms with van der Waals surface area (Å²) < 4.78 is 19.4. The Morgan fingerprint density at radius 1 is 1.26 bits per heavy atom. The largest absolute Gasteiger partial charge is 0.444 e. The summed E-state index contributed by atoms with van der Waals surface area (Å²) >= 11 is 0. The van der Waals surface area contributed by atoms with Gasteiger partial charge in [0.1, 0.15) is 17.5 Å². The molecule has 23 heavy (non-hydrogen) atoms. The number of nitrogens with two attached hydrogens (primary N) is 1. The van der Waals surface area contributed by atoms with Gasteiger partial charge in [-0.2, -0.15) is 0 Å². The Balaban J connectivity index is 3.10. The first-order chi connectivity index (χ1) is 10.4. The molecule has 0 aliphatic carbocycles. The fourth-order valence-corrected chi connectivity index (χ4v) is 2.41. The van der Waals surface area contributed by atoms with Crippen LogP contribution in [0.2, 0.25) is 0 Å². The van der Waals surface area contributed by atoms with Crippen LogP contribution in [0.5, 0.6) is 0 Å². The van der Waals surface area contributed by atoms with Crippen LogP contribution in [0.3, 0.4) is 0 Å². The normalized spacial score (nSPS) is 14.0. The second-order valence-corrected chi connectivity index (χ2v) is 6.72. The predicted molar refractivity (Wildman–Crippen MR) is 86.6 cm³/mol. The molecule has 0 fully saturated rings. The third-order valence-electron chi connectivity index (χ3n) is 3.67. The molecule has 3 N–H and O–H groups in total. The van der Waals surface area contributed by atoms with Gasteiger partial charge in [0.25, 0.3) is 0 Å². The zero-order valence-corrected chi connectivity index (χ0v) is 14.5. The minimum atomic E-state index is -1.07. The molecule has 1 aromatic rings. The van der Waals surface area contributed by atoms with E-state index in [1.54, 1.807) is 40.7 Å². The van der Waals surface area contributed by atoms with E-state index in [0.717, 1.165) is 11.1 Å². The first-order valence-corrected chi connectivity index (χ1v) is 7.48. The molecule has 0 spiro atoms. The third kappa shape index (κ3) is 4.94. The van der Waals surface area contributed by atoms with Gasteiger partial charge in [-0.1, -0.05) is 13.0 Å². The molecule has 0 aliphatic heterocycles. The SMILES string of the molecule is Cc1ccc(F)c([C@@H](C)[C@H](NC(=O)OC(C)(C)C)C(N)=O)c1C. The number of rotatable bonds is 4. The quantitative estimate of drug-likeness (QED) is 0.893. The highest BCUT2D eigenvalue weighted by atomic mass is 19.1. The van der Waals surface area contributed by atoms with Crippen molar-refractivity contribution in [2.75, 3.05) is 0 Å². The van der Waals surface area contributed by atoms with E-state index in [-0.39, 0.29) is 0 Å². The highest BCUT2D eigenvalue weighted by Gasteiger charge is 2.31. The van der Waals surface area contributed by atoms with E-state index in [0.29, 0.717) is 5.56 Å². The van der Waals surface area contributed by atoms with Gasteiger partial charge in [0.05, 0.1) is 0 Å². The number of primary amides is 1. The van der Waals surface area contributed by atoms with Crippen molar-refractivity contribution in [3.05, 3.63) is 34.6 Å². The van der Waals surface area contributed by atoms with Gasteiger partial charge >= 0.3 is 6.09 Å². The average Bonchev–Trinajstić information content (AvgIpc) is 2.38. The smallest absolute Gasteiger partial charge is 0.408 e. The van der Waals surface area contributed by atoms with Gasteiger partial charge in [0.2, 0.25) is 5.91 Å². The minimum absolute atomic E-state index is 0.366. The Kier molecular flexibility index (Phi) is 5.75. The van der Waals surface area contributed by atoms with Gasteiger partial charge in [-0.05, 0) is 57.4 Å². The summed E-state index contributed by atoms with van der Waals surface area (Å²) in [7, 11) is 0. The molecule has 128 valence electrons. The summed E-state index contributed by atoms with van der Waals surface area (Å²) in [5.74, 6) is -1.80. The zero-order valence-electron chi connectivity index (χ0n) is 14.5. The van der Waals surface area contributed by atoms with Crippen LogP contribution in [-0.4, -0.2) is 23.6 Å². The van der Waals surface area contributed by atoms with Crippen molar-refractivity contribution in [2.24, 2.45) is 5.73 Å². The number of carbonyl (C=O) groups is 2. The maximum absolute atomic E-state index is 14.2. The van der Waals surface area contributed by atoms with Crippen molar-refractivity contribution >= 4 is 12.0 Å². The summed E-state index contributed by atoms with van der Waals surface area (Å²) in [5.41, 5.74) is 6.68. The number of nitrogens with one attached hydrogen (secondary N) is 1. The van der Waals surface area contributed by atoms with E-state index in [9.17, 15) is 14.0 Å². The number of benzene rings is 1. The summed E-state index contributed by atoms with van der Waals surface area (Å²) in [6.45, 7) is 10.4. The molecule has 5 nitrogen and oxygen atoms in total. The minimum Gasteiger partial charge on any atom is -0.444 e. The highest BCUT2D eigenvalue weighted by Crippen LogP contribution is 2.28. The second-order valence-electron chi connectivity index (χ2n) is 6.72. The molecule has 0 radical (unpaired) electrons. The summed E-state index contributed by atoms with van der Waals surface area (Å²) in [5, 5.41) is 2.44.